The highest BCUT2D eigenvalue weighted by atomic mass is 35.5. The molecule has 3 N–H and O–H groups in total. The third kappa shape index (κ3) is 3.60. The minimum Gasteiger partial charge on any atom is -0.271 e. The average molecular weight is 289 g/mol. The van der Waals surface area contributed by atoms with Gasteiger partial charge in [-0.15, -0.1) is 0 Å². The van der Waals surface area contributed by atoms with Crippen LogP contribution in [0.25, 0.3) is 0 Å². The van der Waals surface area contributed by atoms with Gasteiger partial charge in [-0.1, -0.05) is 30.5 Å². The van der Waals surface area contributed by atoms with Crippen molar-refractivity contribution in [3.05, 3.63) is 34.6 Å². The molecular formula is C13H18ClFN2S. The first-order valence-corrected chi connectivity index (χ1v) is 7.66. The van der Waals surface area contributed by atoms with Crippen LogP contribution in [0, 0.1) is 5.82 Å². The monoisotopic (exact) mass is 288 g/mol. The fourth-order valence-electron chi connectivity index (χ4n) is 2.30. The van der Waals surface area contributed by atoms with Crippen LogP contribution in [-0.2, 0) is 0 Å². The maximum Gasteiger partial charge on any atom is 0.129 e. The van der Waals surface area contributed by atoms with Crippen LogP contribution >= 0.6 is 23.4 Å². The van der Waals surface area contributed by atoms with Crippen molar-refractivity contribution in [3.63, 3.8) is 0 Å². The van der Waals surface area contributed by atoms with E-state index in [0.717, 1.165) is 5.75 Å². The molecule has 0 radical (unpaired) electrons. The second-order valence-corrected chi connectivity index (χ2v) is 6.39. The Morgan fingerprint density at radius 2 is 2.17 bits per heavy atom. The number of nitrogens with one attached hydrogen (secondary N) is 1. The Labute approximate surface area is 116 Å². The van der Waals surface area contributed by atoms with Crippen LogP contribution in [0.15, 0.2) is 18.2 Å². The first-order chi connectivity index (χ1) is 8.70. The van der Waals surface area contributed by atoms with Crippen molar-refractivity contribution in [2.75, 3.05) is 5.75 Å². The molecule has 0 spiro atoms. The molecule has 0 aliphatic heterocycles. The standard InChI is InChI=1S/C13H18ClFN2S/c14-9-5-6-11(12(15)7-9)13(17-16)8-18-10-3-1-2-4-10/h5-7,10,13,17H,1-4,8,16H2. The Kier molecular flexibility index (Phi) is 5.30. The van der Waals surface area contributed by atoms with Crippen molar-refractivity contribution in [3.8, 4) is 0 Å². The van der Waals surface area contributed by atoms with E-state index in [0.29, 0.717) is 15.8 Å². The van der Waals surface area contributed by atoms with E-state index < -0.39 is 0 Å². The smallest absolute Gasteiger partial charge is 0.129 e. The summed E-state index contributed by atoms with van der Waals surface area (Å²) in [6.07, 6.45) is 5.16. The summed E-state index contributed by atoms with van der Waals surface area (Å²) >= 11 is 7.63. The maximum absolute atomic E-state index is 13.8. The molecular weight excluding hydrogens is 271 g/mol. The Bertz CT molecular complexity index is 397. The van der Waals surface area contributed by atoms with Gasteiger partial charge in [0.05, 0.1) is 6.04 Å². The summed E-state index contributed by atoms with van der Waals surface area (Å²) in [7, 11) is 0. The molecule has 100 valence electrons. The molecule has 0 aromatic heterocycles. The number of hydrogen-bond acceptors (Lipinski definition) is 3. The molecule has 1 atom stereocenters. The Morgan fingerprint density at radius 1 is 1.44 bits per heavy atom. The molecule has 2 rings (SSSR count). The zero-order valence-electron chi connectivity index (χ0n) is 10.2. The lowest BCUT2D eigenvalue weighted by molar-refractivity contribution is 0.546. The average Bonchev–Trinajstić information content (AvgIpc) is 2.85. The molecule has 5 heteroatoms. The number of hydrazine groups is 1. The molecule has 1 saturated carbocycles. The minimum absolute atomic E-state index is 0.159. The number of hydrogen-bond donors (Lipinski definition) is 2. The van der Waals surface area contributed by atoms with Gasteiger partial charge in [0.2, 0.25) is 0 Å². The van der Waals surface area contributed by atoms with Gasteiger partial charge in [-0.3, -0.25) is 11.3 Å². The lowest BCUT2D eigenvalue weighted by atomic mass is 10.1. The third-order valence-electron chi connectivity index (χ3n) is 3.34. The molecule has 1 fully saturated rings. The number of rotatable bonds is 5. The summed E-state index contributed by atoms with van der Waals surface area (Å²) in [6, 6.07) is 4.58. The lowest BCUT2D eigenvalue weighted by Gasteiger charge is -2.19. The topological polar surface area (TPSA) is 38.0 Å². The number of halogens is 2. The molecule has 18 heavy (non-hydrogen) atoms. The van der Waals surface area contributed by atoms with Crippen molar-refractivity contribution in [2.24, 2.45) is 5.84 Å². The lowest BCUT2D eigenvalue weighted by Crippen LogP contribution is -2.30. The van der Waals surface area contributed by atoms with Gasteiger partial charge in [0.15, 0.2) is 0 Å². The van der Waals surface area contributed by atoms with Crippen LogP contribution in [0.5, 0.6) is 0 Å². The van der Waals surface area contributed by atoms with E-state index >= 15 is 0 Å². The molecule has 0 saturated heterocycles. The van der Waals surface area contributed by atoms with Crippen molar-refractivity contribution in [1.29, 1.82) is 0 Å². The van der Waals surface area contributed by atoms with Crippen molar-refractivity contribution >= 4 is 23.4 Å². The normalized spacial score (nSPS) is 18.2. The van der Waals surface area contributed by atoms with E-state index in [2.05, 4.69) is 5.43 Å². The van der Waals surface area contributed by atoms with Crippen molar-refractivity contribution in [1.82, 2.24) is 5.43 Å². The van der Waals surface area contributed by atoms with Gasteiger partial charge < -0.3 is 0 Å². The zero-order valence-corrected chi connectivity index (χ0v) is 11.7. The van der Waals surface area contributed by atoms with Crippen LogP contribution in [0.2, 0.25) is 5.02 Å². The third-order valence-corrected chi connectivity index (χ3v) is 5.04. The van der Waals surface area contributed by atoms with Crippen LogP contribution in [0.4, 0.5) is 4.39 Å². The van der Waals surface area contributed by atoms with Crippen LogP contribution in [-0.4, -0.2) is 11.0 Å². The second-order valence-electron chi connectivity index (χ2n) is 4.62. The van der Waals surface area contributed by atoms with Gasteiger partial charge in [0.1, 0.15) is 5.82 Å². The van der Waals surface area contributed by atoms with Gasteiger partial charge in [-0.2, -0.15) is 11.8 Å². The van der Waals surface area contributed by atoms with E-state index in [1.165, 1.54) is 31.7 Å². The van der Waals surface area contributed by atoms with Gasteiger partial charge in [-0.25, -0.2) is 4.39 Å². The van der Waals surface area contributed by atoms with Gasteiger partial charge in [0.25, 0.3) is 0 Å². The first-order valence-electron chi connectivity index (χ1n) is 6.23. The molecule has 1 aliphatic carbocycles. The fraction of sp³-hybridized carbons (Fsp3) is 0.538. The number of nitrogens with two attached hydrogens (primary N) is 1. The first kappa shape index (κ1) is 14.1. The zero-order chi connectivity index (χ0) is 13.0. The Morgan fingerprint density at radius 3 is 2.78 bits per heavy atom. The van der Waals surface area contributed by atoms with E-state index in [1.807, 2.05) is 11.8 Å². The summed E-state index contributed by atoms with van der Waals surface area (Å²) in [4.78, 5) is 0. The van der Waals surface area contributed by atoms with E-state index in [1.54, 1.807) is 12.1 Å². The molecule has 1 unspecified atom stereocenters. The minimum atomic E-state index is -0.294. The highest BCUT2D eigenvalue weighted by Gasteiger charge is 2.20. The van der Waals surface area contributed by atoms with E-state index in [-0.39, 0.29) is 11.9 Å². The molecule has 0 heterocycles. The van der Waals surface area contributed by atoms with Gasteiger partial charge in [-0.05, 0) is 25.0 Å². The molecule has 1 aromatic rings. The number of benzene rings is 1. The molecule has 2 nitrogen and oxygen atoms in total. The Balaban J connectivity index is 1.98. The van der Waals surface area contributed by atoms with Crippen molar-refractivity contribution in [2.45, 2.75) is 37.0 Å². The summed E-state index contributed by atoms with van der Waals surface area (Å²) in [5, 5.41) is 1.12. The fourth-order valence-corrected chi connectivity index (χ4v) is 3.86. The predicted octanol–water partition coefficient (Wildman–Crippen LogP) is 3.66. The van der Waals surface area contributed by atoms with E-state index in [4.69, 9.17) is 17.4 Å². The van der Waals surface area contributed by atoms with Crippen LogP contribution < -0.4 is 11.3 Å². The van der Waals surface area contributed by atoms with Gasteiger partial charge >= 0.3 is 0 Å². The van der Waals surface area contributed by atoms with Crippen molar-refractivity contribution < 1.29 is 4.39 Å². The van der Waals surface area contributed by atoms with Crippen LogP contribution in [0.3, 0.4) is 0 Å². The summed E-state index contributed by atoms with van der Waals surface area (Å²) in [5.41, 5.74) is 3.29. The summed E-state index contributed by atoms with van der Waals surface area (Å²) < 4.78 is 13.8. The number of thioether (sulfide) groups is 1. The quantitative estimate of drug-likeness (QED) is 0.641. The molecule has 1 aliphatic rings. The van der Waals surface area contributed by atoms with Crippen LogP contribution in [0.1, 0.15) is 37.3 Å². The molecule has 1 aromatic carbocycles. The Hall–Kier alpha value is -0.290. The molecule has 0 bridgehead atoms. The summed E-state index contributed by atoms with van der Waals surface area (Å²) in [5.74, 6) is 6.03. The molecule has 0 amide bonds. The van der Waals surface area contributed by atoms with E-state index in [9.17, 15) is 4.39 Å². The predicted molar refractivity (Wildman–Crippen MR) is 76.2 cm³/mol. The highest BCUT2D eigenvalue weighted by molar-refractivity contribution is 7.99. The van der Waals surface area contributed by atoms with Gasteiger partial charge in [0, 0.05) is 21.6 Å². The maximum atomic E-state index is 13.8. The second kappa shape index (κ2) is 6.75. The SMILES string of the molecule is NNC(CSC1CCCC1)c1ccc(Cl)cc1F. The highest BCUT2D eigenvalue weighted by Crippen LogP contribution is 2.32. The summed E-state index contributed by atoms with van der Waals surface area (Å²) in [6.45, 7) is 0. The largest absolute Gasteiger partial charge is 0.271 e.